The number of carboxylic acid groups (broad SMARTS) is 1. The van der Waals surface area contributed by atoms with Gasteiger partial charge in [0, 0.05) is 13.1 Å². The van der Waals surface area contributed by atoms with Crippen LogP contribution in [-0.2, 0) is 9.53 Å². The van der Waals surface area contributed by atoms with E-state index in [1.54, 1.807) is 0 Å². The monoisotopic (exact) mass is 274 g/mol. The van der Waals surface area contributed by atoms with E-state index in [2.05, 4.69) is 11.0 Å². The first-order valence-electron chi connectivity index (χ1n) is 6.69. The minimum Gasteiger partial charge on any atom is -0.480 e. The second kappa shape index (κ2) is 6.40. The van der Waals surface area contributed by atoms with Gasteiger partial charge in [-0.05, 0) is 37.5 Å². The molecule has 0 amide bonds. The molecule has 0 saturated carbocycles. The van der Waals surface area contributed by atoms with Crippen LogP contribution in [0.4, 0.5) is 5.69 Å². The fourth-order valence-electron chi connectivity index (χ4n) is 2.45. The van der Waals surface area contributed by atoms with Crippen LogP contribution >= 0.6 is 0 Å². The highest BCUT2D eigenvalue weighted by molar-refractivity contribution is 5.68. The quantitative estimate of drug-likeness (QED) is 0.908. The molecule has 0 unspecified atom stereocenters. The molecule has 1 aliphatic rings. The molecule has 0 spiro atoms. The highest BCUT2D eigenvalue weighted by atomic mass is 16.5. The number of piperidine rings is 1. The van der Waals surface area contributed by atoms with Crippen LogP contribution in [0.3, 0.4) is 0 Å². The third kappa shape index (κ3) is 3.49. The summed E-state index contributed by atoms with van der Waals surface area (Å²) in [5, 5.41) is 17.8. The molecule has 5 nitrogen and oxygen atoms in total. The van der Waals surface area contributed by atoms with E-state index in [-0.39, 0.29) is 12.7 Å². The van der Waals surface area contributed by atoms with Crippen molar-refractivity contribution in [2.45, 2.75) is 25.9 Å². The van der Waals surface area contributed by atoms with Gasteiger partial charge in [0.15, 0.2) is 0 Å². The van der Waals surface area contributed by atoms with Crippen LogP contribution in [0, 0.1) is 18.3 Å². The number of hydrogen-bond donors (Lipinski definition) is 1. The van der Waals surface area contributed by atoms with Crippen LogP contribution in [0.15, 0.2) is 18.2 Å². The molecule has 1 heterocycles. The van der Waals surface area contributed by atoms with Gasteiger partial charge in [0.25, 0.3) is 0 Å². The summed E-state index contributed by atoms with van der Waals surface area (Å²) in [6.07, 6.45) is 1.57. The van der Waals surface area contributed by atoms with Crippen molar-refractivity contribution in [1.82, 2.24) is 0 Å². The van der Waals surface area contributed by atoms with Crippen LogP contribution in [0.2, 0.25) is 0 Å². The lowest BCUT2D eigenvalue weighted by molar-refractivity contribution is -0.144. The lowest BCUT2D eigenvalue weighted by Gasteiger charge is -2.33. The normalized spacial score (nSPS) is 15.9. The third-order valence-electron chi connectivity index (χ3n) is 3.50. The van der Waals surface area contributed by atoms with Gasteiger partial charge in [-0.3, -0.25) is 0 Å². The predicted molar refractivity (Wildman–Crippen MR) is 74.7 cm³/mol. The Morgan fingerprint density at radius 3 is 2.80 bits per heavy atom. The highest BCUT2D eigenvalue weighted by Gasteiger charge is 2.22. The number of anilines is 1. The number of nitrogens with zero attached hydrogens (tertiary/aromatic N) is 2. The van der Waals surface area contributed by atoms with Crippen molar-refractivity contribution >= 4 is 11.7 Å². The number of aliphatic carboxylic acids is 1. The van der Waals surface area contributed by atoms with Crippen molar-refractivity contribution in [1.29, 1.82) is 5.26 Å². The first-order chi connectivity index (χ1) is 9.60. The number of carboxylic acids is 1. The Labute approximate surface area is 118 Å². The Bertz CT molecular complexity index is 528. The molecular formula is C15H18N2O3. The summed E-state index contributed by atoms with van der Waals surface area (Å²) in [4.78, 5) is 12.7. The molecule has 5 heteroatoms. The van der Waals surface area contributed by atoms with Gasteiger partial charge in [0.05, 0.1) is 17.4 Å². The number of nitriles is 1. The van der Waals surface area contributed by atoms with Crippen LogP contribution in [-0.4, -0.2) is 36.9 Å². The van der Waals surface area contributed by atoms with Crippen molar-refractivity contribution in [3.63, 3.8) is 0 Å². The average molecular weight is 274 g/mol. The molecule has 1 aromatic carbocycles. The second-order valence-corrected chi connectivity index (χ2v) is 5.02. The highest BCUT2D eigenvalue weighted by Crippen LogP contribution is 2.25. The molecular weight excluding hydrogens is 256 g/mol. The maximum atomic E-state index is 10.5. The SMILES string of the molecule is Cc1ccc(C#N)c(N2CCC(OCC(=O)O)CC2)c1. The summed E-state index contributed by atoms with van der Waals surface area (Å²) in [5.74, 6) is -0.933. The van der Waals surface area contributed by atoms with Gasteiger partial charge < -0.3 is 14.7 Å². The van der Waals surface area contributed by atoms with Crippen molar-refractivity contribution < 1.29 is 14.6 Å². The van der Waals surface area contributed by atoms with Crippen molar-refractivity contribution in [3.8, 4) is 6.07 Å². The van der Waals surface area contributed by atoms with E-state index >= 15 is 0 Å². The zero-order valence-corrected chi connectivity index (χ0v) is 11.5. The number of carbonyl (C=O) groups is 1. The first-order valence-corrected chi connectivity index (χ1v) is 6.69. The van der Waals surface area contributed by atoms with E-state index in [0.717, 1.165) is 37.2 Å². The minimum atomic E-state index is -0.933. The summed E-state index contributed by atoms with van der Waals surface area (Å²) in [7, 11) is 0. The van der Waals surface area contributed by atoms with Gasteiger partial charge in [0.2, 0.25) is 0 Å². The third-order valence-corrected chi connectivity index (χ3v) is 3.50. The van der Waals surface area contributed by atoms with Gasteiger partial charge in [-0.15, -0.1) is 0 Å². The lowest BCUT2D eigenvalue weighted by Crippen LogP contribution is -2.38. The molecule has 0 radical (unpaired) electrons. The fraction of sp³-hybridized carbons (Fsp3) is 0.467. The topological polar surface area (TPSA) is 73.6 Å². The number of benzene rings is 1. The van der Waals surface area contributed by atoms with E-state index in [4.69, 9.17) is 9.84 Å². The Morgan fingerprint density at radius 1 is 1.50 bits per heavy atom. The zero-order valence-electron chi connectivity index (χ0n) is 11.5. The first kappa shape index (κ1) is 14.4. The molecule has 1 fully saturated rings. The van der Waals surface area contributed by atoms with Gasteiger partial charge >= 0.3 is 5.97 Å². The summed E-state index contributed by atoms with van der Waals surface area (Å²) in [5.41, 5.74) is 2.77. The smallest absolute Gasteiger partial charge is 0.329 e. The summed E-state index contributed by atoms with van der Waals surface area (Å²) >= 11 is 0. The lowest BCUT2D eigenvalue weighted by atomic mass is 10.0. The van der Waals surface area contributed by atoms with E-state index < -0.39 is 5.97 Å². The number of ether oxygens (including phenoxy) is 1. The molecule has 1 saturated heterocycles. The van der Waals surface area contributed by atoms with E-state index in [9.17, 15) is 10.1 Å². The molecule has 1 N–H and O–H groups in total. The Morgan fingerprint density at radius 2 is 2.20 bits per heavy atom. The van der Waals surface area contributed by atoms with Gasteiger partial charge in [-0.25, -0.2) is 4.79 Å². The van der Waals surface area contributed by atoms with Crippen molar-refractivity contribution in [2.75, 3.05) is 24.6 Å². The fourth-order valence-corrected chi connectivity index (χ4v) is 2.45. The van der Waals surface area contributed by atoms with Gasteiger partial charge in [-0.2, -0.15) is 5.26 Å². The molecule has 2 rings (SSSR count). The Kier molecular flexibility index (Phi) is 4.59. The maximum Gasteiger partial charge on any atom is 0.329 e. The summed E-state index contributed by atoms with van der Waals surface area (Å²) < 4.78 is 5.32. The zero-order chi connectivity index (χ0) is 14.5. The molecule has 0 aliphatic carbocycles. The largest absolute Gasteiger partial charge is 0.480 e. The van der Waals surface area contributed by atoms with Crippen LogP contribution in [0.1, 0.15) is 24.0 Å². The summed E-state index contributed by atoms with van der Waals surface area (Å²) in [6, 6.07) is 8.03. The van der Waals surface area contributed by atoms with Gasteiger partial charge in [-0.1, -0.05) is 6.07 Å². The summed E-state index contributed by atoms with van der Waals surface area (Å²) in [6.45, 7) is 3.33. The predicted octanol–water partition coefficient (Wildman–Crippen LogP) is 1.94. The Balaban J connectivity index is 1.99. The van der Waals surface area contributed by atoms with Gasteiger partial charge in [0.1, 0.15) is 12.7 Å². The maximum absolute atomic E-state index is 10.5. The van der Waals surface area contributed by atoms with Crippen molar-refractivity contribution in [3.05, 3.63) is 29.3 Å². The van der Waals surface area contributed by atoms with E-state index in [0.29, 0.717) is 5.56 Å². The van der Waals surface area contributed by atoms with Crippen LogP contribution in [0.25, 0.3) is 0 Å². The standard InChI is InChI=1S/C15H18N2O3/c1-11-2-3-12(9-16)14(8-11)17-6-4-13(5-7-17)20-10-15(18)19/h2-3,8,13H,4-7,10H2,1H3,(H,18,19). The Hall–Kier alpha value is -2.06. The molecule has 106 valence electrons. The average Bonchev–Trinajstić information content (AvgIpc) is 2.45. The van der Waals surface area contributed by atoms with Crippen LogP contribution < -0.4 is 4.90 Å². The second-order valence-electron chi connectivity index (χ2n) is 5.02. The van der Waals surface area contributed by atoms with E-state index in [1.165, 1.54) is 0 Å². The molecule has 20 heavy (non-hydrogen) atoms. The molecule has 1 aromatic rings. The van der Waals surface area contributed by atoms with E-state index in [1.807, 2.05) is 25.1 Å². The van der Waals surface area contributed by atoms with Crippen molar-refractivity contribution in [2.24, 2.45) is 0 Å². The number of aryl methyl sites for hydroxylation is 1. The molecule has 0 bridgehead atoms. The number of rotatable bonds is 4. The van der Waals surface area contributed by atoms with Crippen LogP contribution in [0.5, 0.6) is 0 Å². The minimum absolute atomic E-state index is 0.00213. The number of hydrogen-bond acceptors (Lipinski definition) is 4. The molecule has 0 aromatic heterocycles. The molecule has 1 aliphatic heterocycles. The molecule has 0 atom stereocenters.